The Morgan fingerprint density at radius 2 is 0.905 bits per heavy atom. The fraction of sp³-hybridized carbons (Fsp3) is 0.368. The maximum atomic E-state index is 2.51. The summed E-state index contributed by atoms with van der Waals surface area (Å²) in [5, 5.41) is 3.20. The highest BCUT2D eigenvalue weighted by molar-refractivity contribution is 6.91. The summed E-state index contributed by atoms with van der Waals surface area (Å²) in [7, 11) is -2.52. The topological polar surface area (TPSA) is 0 Å². The standard InChI is InChI=1S/C19H28Si2/c1-20(2,18-12-7-5-8-13-18)16-11-17-21(3,4)19-14-9-6-10-15-19/h5-10,12-15H,11,16-17H2,1-4H3. The molecule has 2 aromatic carbocycles. The molecular formula is C19H28Si2. The molecule has 0 heterocycles. The second-order valence-corrected chi connectivity index (χ2v) is 17.0. The Morgan fingerprint density at radius 1 is 0.571 bits per heavy atom. The van der Waals surface area contributed by atoms with Gasteiger partial charge in [-0.1, -0.05) is 116 Å². The van der Waals surface area contributed by atoms with E-state index >= 15 is 0 Å². The molecule has 2 rings (SSSR count). The van der Waals surface area contributed by atoms with Gasteiger partial charge in [-0.2, -0.15) is 0 Å². The number of rotatable bonds is 6. The molecule has 0 N–H and O–H groups in total. The maximum Gasteiger partial charge on any atom is 0.0806 e. The second kappa shape index (κ2) is 6.76. The Balaban J connectivity index is 1.95. The number of hydrogen-bond acceptors (Lipinski definition) is 0. The fourth-order valence-corrected chi connectivity index (χ4v) is 8.28. The van der Waals surface area contributed by atoms with Gasteiger partial charge in [0.05, 0.1) is 16.1 Å². The fourth-order valence-electron chi connectivity index (χ4n) is 3.04. The van der Waals surface area contributed by atoms with Crippen molar-refractivity contribution in [2.45, 2.75) is 44.7 Å². The van der Waals surface area contributed by atoms with Crippen LogP contribution in [0.5, 0.6) is 0 Å². The summed E-state index contributed by atoms with van der Waals surface area (Å²) in [4.78, 5) is 0. The van der Waals surface area contributed by atoms with Crippen LogP contribution in [0.4, 0.5) is 0 Å². The van der Waals surface area contributed by atoms with E-state index in [0.717, 1.165) is 0 Å². The minimum atomic E-state index is -1.26. The number of hydrogen-bond donors (Lipinski definition) is 0. The molecule has 0 atom stereocenters. The van der Waals surface area contributed by atoms with Gasteiger partial charge in [0, 0.05) is 0 Å². The predicted octanol–water partition coefficient (Wildman–Crippen LogP) is 4.61. The Kier molecular flexibility index (Phi) is 5.23. The van der Waals surface area contributed by atoms with Crippen molar-refractivity contribution in [3.63, 3.8) is 0 Å². The molecule has 0 bridgehead atoms. The van der Waals surface area contributed by atoms with Crippen molar-refractivity contribution in [1.29, 1.82) is 0 Å². The highest BCUT2D eigenvalue weighted by atomic mass is 28.3. The van der Waals surface area contributed by atoms with Gasteiger partial charge in [-0.15, -0.1) is 0 Å². The lowest BCUT2D eigenvalue weighted by Gasteiger charge is -2.27. The van der Waals surface area contributed by atoms with Crippen LogP contribution in [0.1, 0.15) is 6.42 Å². The summed E-state index contributed by atoms with van der Waals surface area (Å²) in [5.41, 5.74) is 0. The first-order valence-corrected chi connectivity index (χ1v) is 14.4. The van der Waals surface area contributed by atoms with Crippen LogP contribution in [0.15, 0.2) is 60.7 Å². The quantitative estimate of drug-likeness (QED) is 0.683. The normalized spacial score (nSPS) is 12.4. The first-order chi connectivity index (χ1) is 9.92. The third-order valence-corrected chi connectivity index (χ3v) is 11.7. The van der Waals surface area contributed by atoms with Crippen LogP contribution in [0.2, 0.25) is 38.3 Å². The highest BCUT2D eigenvalue weighted by Gasteiger charge is 2.26. The molecule has 0 aliphatic heterocycles. The van der Waals surface area contributed by atoms with Crippen molar-refractivity contribution in [1.82, 2.24) is 0 Å². The van der Waals surface area contributed by atoms with Crippen LogP contribution in [0.25, 0.3) is 0 Å². The highest BCUT2D eigenvalue weighted by Crippen LogP contribution is 2.20. The molecular weight excluding hydrogens is 284 g/mol. The van der Waals surface area contributed by atoms with Crippen LogP contribution < -0.4 is 10.4 Å². The smallest absolute Gasteiger partial charge is 0.0654 e. The molecule has 0 spiro atoms. The zero-order valence-corrected chi connectivity index (χ0v) is 15.9. The van der Waals surface area contributed by atoms with Gasteiger partial charge in [0.25, 0.3) is 0 Å². The van der Waals surface area contributed by atoms with Crippen molar-refractivity contribution in [3.8, 4) is 0 Å². The van der Waals surface area contributed by atoms with Gasteiger partial charge in [-0.05, 0) is 0 Å². The molecule has 0 aliphatic carbocycles. The Bertz CT molecular complexity index is 493. The van der Waals surface area contributed by atoms with E-state index in [-0.39, 0.29) is 0 Å². The SMILES string of the molecule is C[Si](C)(CCC[Si](C)(C)c1ccccc1)c1ccccc1. The average molecular weight is 313 g/mol. The lowest BCUT2D eigenvalue weighted by molar-refractivity contribution is 1.02. The number of benzene rings is 2. The second-order valence-electron chi connectivity index (χ2n) is 7.35. The van der Waals surface area contributed by atoms with E-state index in [1.54, 1.807) is 10.4 Å². The molecule has 2 heteroatoms. The van der Waals surface area contributed by atoms with Crippen molar-refractivity contribution in [2.75, 3.05) is 0 Å². The minimum Gasteiger partial charge on any atom is -0.0654 e. The average Bonchev–Trinajstić information content (AvgIpc) is 2.49. The van der Waals surface area contributed by atoms with Crippen molar-refractivity contribution in [2.24, 2.45) is 0 Å². The Hall–Kier alpha value is -1.13. The van der Waals surface area contributed by atoms with E-state index in [9.17, 15) is 0 Å². The van der Waals surface area contributed by atoms with Gasteiger partial charge in [-0.3, -0.25) is 0 Å². The van der Waals surface area contributed by atoms with Crippen LogP contribution in [0.3, 0.4) is 0 Å². The van der Waals surface area contributed by atoms with Crippen molar-refractivity contribution < 1.29 is 0 Å². The third kappa shape index (κ3) is 4.42. The van der Waals surface area contributed by atoms with Gasteiger partial charge in [0.15, 0.2) is 0 Å². The molecule has 0 saturated heterocycles. The van der Waals surface area contributed by atoms with Gasteiger partial charge in [-0.25, -0.2) is 0 Å². The lowest BCUT2D eigenvalue weighted by Crippen LogP contribution is -2.43. The van der Waals surface area contributed by atoms with E-state index in [2.05, 4.69) is 86.9 Å². The molecule has 0 radical (unpaired) electrons. The molecule has 0 nitrogen and oxygen atoms in total. The minimum absolute atomic E-state index is 1.26. The van der Waals surface area contributed by atoms with Crippen LogP contribution >= 0.6 is 0 Å². The van der Waals surface area contributed by atoms with Crippen molar-refractivity contribution >= 4 is 26.5 Å². The Labute approximate surface area is 132 Å². The first kappa shape index (κ1) is 16.2. The summed E-state index contributed by atoms with van der Waals surface area (Å²) in [6.45, 7) is 10.1. The van der Waals surface area contributed by atoms with Gasteiger partial charge in [0.1, 0.15) is 0 Å². The van der Waals surface area contributed by atoms with Crippen molar-refractivity contribution in [3.05, 3.63) is 60.7 Å². The van der Waals surface area contributed by atoms with Crippen LogP contribution in [0, 0.1) is 0 Å². The molecule has 21 heavy (non-hydrogen) atoms. The summed E-state index contributed by atoms with van der Waals surface area (Å²) < 4.78 is 0. The summed E-state index contributed by atoms with van der Waals surface area (Å²) in [6, 6.07) is 25.1. The summed E-state index contributed by atoms with van der Waals surface area (Å²) >= 11 is 0. The molecule has 2 aromatic rings. The first-order valence-electron chi connectivity index (χ1n) is 8.03. The maximum absolute atomic E-state index is 2.51. The van der Waals surface area contributed by atoms with Gasteiger partial charge in [0.2, 0.25) is 0 Å². The summed E-state index contributed by atoms with van der Waals surface area (Å²) in [6.07, 6.45) is 1.38. The molecule has 0 fully saturated rings. The molecule has 112 valence electrons. The summed E-state index contributed by atoms with van der Waals surface area (Å²) in [5.74, 6) is 0. The largest absolute Gasteiger partial charge is 0.0806 e. The Morgan fingerprint density at radius 3 is 1.24 bits per heavy atom. The van der Waals surface area contributed by atoms with E-state index in [0.29, 0.717) is 0 Å². The van der Waals surface area contributed by atoms with Gasteiger partial charge < -0.3 is 0 Å². The van der Waals surface area contributed by atoms with E-state index in [1.165, 1.54) is 18.5 Å². The lowest BCUT2D eigenvalue weighted by atomic mass is 10.4. The molecule has 0 saturated carbocycles. The van der Waals surface area contributed by atoms with E-state index in [1.807, 2.05) is 0 Å². The van der Waals surface area contributed by atoms with E-state index < -0.39 is 16.1 Å². The van der Waals surface area contributed by atoms with Crippen LogP contribution in [-0.2, 0) is 0 Å². The molecule has 0 unspecified atom stereocenters. The zero-order chi connectivity index (χ0) is 15.3. The van der Waals surface area contributed by atoms with E-state index in [4.69, 9.17) is 0 Å². The molecule has 0 amide bonds. The molecule has 0 aliphatic rings. The zero-order valence-electron chi connectivity index (χ0n) is 13.9. The monoisotopic (exact) mass is 312 g/mol. The van der Waals surface area contributed by atoms with Crippen LogP contribution in [-0.4, -0.2) is 16.1 Å². The predicted molar refractivity (Wildman–Crippen MR) is 101 cm³/mol. The third-order valence-electron chi connectivity index (χ3n) is 4.71. The molecule has 0 aromatic heterocycles. The van der Waals surface area contributed by atoms with Gasteiger partial charge >= 0.3 is 0 Å².